The van der Waals surface area contributed by atoms with Crippen LogP contribution in [0.1, 0.15) is 23.5 Å². The second kappa shape index (κ2) is 8.81. The number of nitrogens with one attached hydrogen (secondary N) is 1. The quantitative estimate of drug-likeness (QED) is 0.713. The average molecular weight is 316 g/mol. The SMILES string of the molecule is CCNc1nc(N)c(C(=O)N(CCOC)C(C)COC)s1. The monoisotopic (exact) mass is 316 g/mol. The number of rotatable bonds is 9. The molecule has 0 aliphatic heterocycles. The first-order chi connectivity index (χ1) is 10.0. The van der Waals surface area contributed by atoms with E-state index in [0.717, 1.165) is 6.54 Å². The van der Waals surface area contributed by atoms with Gasteiger partial charge in [0.15, 0.2) is 5.13 Å². The molecule has 120 valence electrons. The van der Waals surface area contributed by atoms with E-state index >= 15 is 0 Å². The fourth-order valence-corrected chi connectivity index (χ4v) is 2.79. The predicted molar refractivity (Wildman–Crippen MR) is 84.9 cm³/mol. The van der Waals surface area contributed by atoms with Crippen LogP contribution < -0.4 is 11.1 Å². The summed E-state index contributed by atoms with van der Waals surface area (Å²) in [6.45, 7) is 6.01. The van der Waals surface area contributed by atoms with E-state index < -0.39 is 0 Å². The van der Waals surface area contributed by atoms with Gasteiger partial charge in [0.2, 0.25) is 0 Å². The minimum absolute atomic E-state index is 0.0678. The highest BCUT2D eigenvalue weighted by molar-refractivity contribution is 7.18. The van der Waals surface area contributed by atoms with Crippen molar-refractivity contribution in [3.05, 3.63) is 4.88 Å². The van der Waals surface area contributed by atoms with Gasteiger partial charge in [-0.1, -0.05) is 11.3 Å². The molecular weight excluding hydrogens is 292 g/mol. The van der Waals surface area contributed by atoms with Crippen LogP contribution in [0.2, 0.25) is 0 Å². The van der Waals surface area contributed by atoms with Crippen molar-refractivity contribution in [2.24, 2.45) is 0 Å². The van der Waals surface area contributed by atoms with Gasteiger partial charge in [0.05, 0.1) is 19.3 Å². The van der Waals surface area contributed by atoms with Crippen molar-refractivity contribution in [2.45, 2.75) is 19.9 Å². The van der Waals surface area contributed by atoms with Crippen LogP contribution in [0.4, 0.5) is 10.9 Å². The largest absolute Gasteiger partial charge is 0.383 e. The first-order valence-electron chi connectivity index (χ1n) is 6.84. The molecule has 1 atom stereocenters. The molecule has 1 heterocycles. The lowest BCUT2D eigenvalue weighted by atomic mass is 10.2. The topological polar surface area (TPSA) is 89.7 Å². The molecule has 7 nitrogen and oxygen atoms in total. The number of amides is 1. The van der Waals surface area contributed by atoms with Crippen molar-refractivity contribution in [2.75, 3.05) is 51.6 Å². The standard InChI is InChI=1S/C13H24N4O3S/c1-5-15-13-16-11(14)10(21-13)12(18)17(6-7-19-3)9(2)8-20-4/h9H,5-8,14H2,1-4H3,(H,15,16). The summed E-state index contributed by atoms with van der Waals surface area (Å²) in [5.74, 6) is 0.115. The first kappa shape index (κ1) is 17.7. The zero-order chi connectivity index (χ0) is 15.8. The Labute approximate surface area is 129 Å². The van der Waals surface area contributed by atoms with E-state index in [9.17, 15) is 4.79 Å². The van der Waals surface area contributed by atoms with E-state index in [2.05, 4.69) is 10.3 Å². The zero-order valence-corrected chi connectivity index (χ0v) is 13.8. The Hall–Kier alpha value is -1.38. The van der Waals surface area contributed by atoms with Crippen molar-refractivity contribution in [1.82, 2.24) is 9.88 Å². The van der Waals surface area contributed by atoms with Gasteiger partial charge in [-0.25, -0.2) is 4.98 Å². The summed E-state index contributed by atoms with van der Waals surface area (Å²) in [5, 5.41) is 3.72. The van der Waals surface area contributed by atoms with Crippen molar-refractivity contribution in [1.29, 1.82) is 0 Å². The molecule has 0 bridgehead atoms. The highest BCUT2D eigenvalue weighted by Crippen LogP contribution is 2.26. The summed E-state index contributed by atoms with van der Waals surface area (Å²) >= 11 is 1.27. The van der Waals surface area contributed by atoms with Crippen LogP contribution in [0.3, 0.4) is 0 Å². The van der Waals surface area contributed by atoms with Crippen molar-refractivity contribution >= 4 is 28.2 Å². The van der Waals surface area contributed by atoms with Gasteiger partial charge in [0, 0.05) is 27.3 Å². The number of thiazole rings is 1. The molecular formula is C13H24N4O3S. The number of nitrogen functional groups attached to an aromatic ring is 1. The van der Waals surface area contributed by atoms with Crippen LogP contribution in [0.15, 0.2) is 0 Å². The minimum atomic E-state index is -0.143. The van der Waals surface area contributed by atoms with Gasteiger partial charge < -0.3 is 25.4 Å². The number of nitrogens with two attached hydrogens (primary N) is 1. The molecule has 0 aliphatic carbocycles. The van der Waals surface area contributed by atoms with Gasteiger partial charge in [-0.2, -0.15) is 0 Å². The summed E-state index contributed by atoms with van der Waals surface area (Å²) in [6, 6.07) is -0.0678. The maximum Gasteiger partial charge on any atom is 0.268 e. The third-order valence-electron chi connectivity index (χ3n) is 2.91. The second-order valence-electron chi connectivity index (χ2n) is 4.56. The van der Waals surface area contributed by atoms with Crippen molar-refractivity contribution in [3.63, 3.8) is 0 Å². The van der Waals surface area contributed by atoms with E-state index in [1.54, 1.807) is 19.1 Å². The molecule has 0 aliphatic rings. The summed E-state index contributed by atoms with van der Waals surface area (Å²) in [6.07, 6.45) is 0. The molecule has 8 heteroatoms. The van der Waals surface area contributed by atoms with Crippen LogP contribution >= 0.6 is 11.3 Å². The second-order valence-corrected chi connectivity index (χ2v) is 5.56. The van der Waals surface area contributed by atoms with Crippen LogP contribution in [-0.2, 0) is 9.47 Å². The first-order valence-corrected chi connectivity index (χ1v) is 7.65. The number of nitrogens with zero attached hydrogens (tertiary/aromatic N) is 2. The third-order valence-corrected chi connectivity index (χ3v) is 3.93. The Bertz CT molecular complexity index is 453. The lowest BCUT2D eigenvalue weighted by Crippen LogP contribution is -2.43. The molecule has 0 radical (unpaired) electrons. The molecule has 0 spiro atoms. The van der Waals surface area contributed by atoms with Gasteiger partial charge in [0.25, 0.3) is 5.91 Å². The van der Waals surface area contributed by atoms with Gasteiger partial charge in [0.1, 0.15) is 10.7 Å². The summed E-state index contributed by atoms with van der Waals surface area (Å²) < 4.78 is 10.2. The maximum absolute atomic E-state index is 12.7. The minimum Gasteiger partial charge on any atom is -0.383 e. The van der Waals surface area contributed by atoms with E-state index in [1.165, 1.54) is 11.3 Å². The highest BCUT2D eigenvalue weighted by Gasteiger charge is 2.25. The smallest absolute Gasteiger partial charge is 0.268 e. The molecule has 21 heavy (non-hydrogen) atoms. The molecule has 1 amide bonds. The van der Waals surface area contributed by atoms with Gasteiger partial charge in [-0.15, -0.1) is 0 Å². The Balaban J connectivity index is 2.92. The Morgan fingerprint density at radius 1 is 1.48 bits per heavy atom. The highest BCUT2D eigenvalue weighted by atomic mass is 32.1. The van der Waals surface area contributed by atoms with E-state index in [-0.39, 0.29) is 17.8 Å². The Kier molecular flexibility index (Phi) is 7.41. The van der Waals surface area contributed by atoms with Gasteiger partial charge in [-0.3, -0.25) is 4.79 Å². The van der Waals surface area contributed by atoms with E-state index in [4.69, 9.17) is 15.2 Å². The molecule has 1 aromatic heterocycles. The van der Waals surface area contributed by atoms with Crippen molar-refractivity contribution in [3.8, 4) is 0 Å². The van der Waals surface area contributed by atoms with Crippen molar-refractivity contribution < 1.29 is 14.3 Å². The van der Waals surface area contributed by atoms with Crippen LogP contribution in [0.25, 0.3) is 0 Å². The van der Waals surface area contributed by atoms with E-state index in [0.29, 0.717) is 29.8 Å². The number of hydrogen-bond donors (Lipinski definition) is 2. The molecule has 0 fully saturated rings. The Morgan fingerprint density at radius 2 is 2.19 bits per heavy atom. The predicted octanol–water partition coefficient (Wildman–Crippen LogP) is 1.28. The number of carbonyl (C=O) groups is 1. The number of hydrogen-bond acceptors (Lipinski definition) is 7. The molecule has 3 N–H and O–H groups in total. The maximum atomic E-state index is 12.7. The molecule has 0 saturated carbocycles. The lowest BCUT2D eigenvalue weighted by molar-refractivity contribution is 0.0484. The van der Waals surface area contributed by atoms with Gasteiger partial charge >= 0.3 is 0 Å². The summed E-state index contributed by atoms with van der Waals surface area (Å²) in [4.78, 5) is 19.0. The number of methoxy groups -OCH3 is 2. The summed E-state index contributed by atoms with van der Waals surface area (Å²) in [7, 11) is 3.22. The van der Waals surface area contributed by atoms with Crippen LogP contribution in [0.5, 0.6) is 0 Å². The summed E-state index contributed by atoms with van der Waals surface area (Å²) in [5.41, 5.74) is 5.86. The lowest BCUT2D eigenvalue weighted by Gasteiger charge is -2.28. The molecule has 1 rings (SSSR count). The van der Waals surface area contributed by atoms with Crippen LogP contribution in [-0.4, -0.2) is 62.4 Å². The number of aromatic nitrogens is 1. The average Bonchev–Trinajstić information content (AvgIpc) is 2.80. The third kappa shape index (κ3) is 4.83. The number of ether oxygens (including phenoxy) is 2. The molecule has 0 aromatic carbocycles. The van der Waals surface area contributed by atoms with Crippen LogP contribution in [0, 0.1) is 0 Å². The zero-order valence-electron chi connectivity index (χ0n) is 13.0. The molecule has 1 unspecified atom stereocenters. The fourth-order valence-electron chi connectivity index (χ4n) is 1.89. The molecule has 1 aromatic rings. The normalized spacial score (nSPS) is 12.2. The Morgan fingerprint density at radius 3 is 2.76 bits per heavy atom. The number of carbonyl (C=O) groups excluding carboxylic acids is 1. The number of anilines is 2. The fraction of sp³-hybridized carbons (Fsp3) is 0.692. The molecule has 0 saturated heterocycles. The van der Waals surface area contributed by atoms with E-state index in [1.807, 2.05) is 13.8 Å². The van der Waals surface area contributed by atoms with Gasteiger partial charge in [-0.05, 0) is 13.8 Å².